The minimum absolute atomic E-state index is 0.655. The van der Waals surface area contributed by atoms with E-state index in [-0.39, 0.29) is 0 Å². The molecule has 28 heavy (non-hydrogen) atoms. The maximum atomic E-state index is 12.6. The highest BCUT2D eigenvalue weighted by molar-refractivity contribution is 5.78. The SMILES string of the molecule is CO[C@@]1(NC(=O)CF)[C@H](O)OC(CONC(=O)CF)[C@H](O)[C@@H]1ONC(=O)CF. The molecule has 162 valence electrons. The highest BCUT2D eigenvalue weighted by atomic mass is 19.1. The Morgan fingerprint density at radius 3 is 2.14 bits per heavy atom. The molecule has 5 atom stereocenters. The predicted molar refractivity (Wildman–Crippen MR) is 79.8 cm³/mol. The number of halogens is 3. The fraction of sp³-hybridized carbons (Fsp3) is 0.769. The second-order valence-corrected chi connectivity index (χ2v) is 5.36. The zero-order valence-electron chi connectivity index (χ0n) is 14.5. The van der Waals surface area contributed by atoms with Gasteiger partial charge in [-0.05, 0) is 0 Å². The lowest BCUT2D eigenvalue weighted by atomic mass is 9.93. The largest absolute Gasteiger partial charge is 0.387 e. The Morgan fingerprint density at radius 2 is 1.61 bits per heavy atom. The molecule has 0 aromatic heterocycles. The van der Waals surface area contributed by atoms with Crippen LogP contribution in [0.1, 0.15) is 0 Å². The Balaban J connectivity index is 3.03. The van der Waals surface area contributed by atoms with E-state index < -0.39 is 74.7 Å². The molecule has 0 saturated carbocycles. The molecule has 3 amide bonds. The summed E-state index contributed by atoms with van der Waals surface area (Å²) in [6.07, 6.45) is -7.31. The highest BCUT2D eigenvalue weighted by Gasteiger charge is 2.59. The molecule has 1 rings (SSSR count). The van der Waals surface area contributed by atoms with Gasteiger partial charge in [-0.2, -0.15) is 0 Å². The van der Waals surface area contributed by atoms with Crippen molar-refractivity contribution >= 4 is 17.7 Å². The number of hydrogen-bond donors (Lipinski definition) is 5. The van der Waals surface area contributed by atoms with E-state index in [0.29, 0.717) is 0 Å². The van der Waals surface area contributed by atoms with Crippen LogP contribution >= 0.6 is 0 Å². The van der Waals surface area contributed by atoms with Gasteiger partial charge in [0, 0.05) is 7.11 Å². The van der Waals surface area contributed by atoms with Gasteiger partial charge in [-0.3, -0.25) is 24.1 Å². The van der Waals surface area contributed by atoms with E-state index in [1.165, 1.54) is 0 Å². The monoisotopic (exact) mass is 419 g/mol. The van der Waals surface area contributed by atoms with Crippen molar-refractivity contribution in [3.05, 3.63) is 0 Å². The Morgan fingerprint density at radius 1 is 1.04 bits per heavy atom. The molecule has 0 radical (unpaired) electrons. The number of rotatable bonds is 10. The van der Waals surface area contributed by atoms with Crippen LogP contribution in [0.4, 0.5) is 13.2 Å². The number of carbonyl (C=O) groups is 3. The molecule has 1 aliphatic heterocycles. The van der Waals surface area contributed by atoms with Crippen LogP contribution in [0.25, 0.3) is 0 Å². The molecule has 0 aromatic carbocycles. The van der Waals surface area contributed by atoms with Gasteiger partial charge in [0.1, 0.15) is 18.8 Å². The van der Waals surface area contributed by atoms with E-state index >= 15 is 0 Å². The second-order valence-electron chi connectivity index (χ2n) is 5.36. The molecule has 0 spiro atoms. The Bertz CT molecular complexity index is 559. The lowest BCUT2D eigenvalue weighted by molar-refractivity contribution is -0.356. The van der Waals surface area contributed by atoms with Crippen LogP contribution in [0.5, 0.6) is 0 Å². The first-order valence-corrected chi connectivity index (χ1v) is 7.66. The first kappa shape index (κ1) is 24.0. The maximum absolute atomic E-state index is 12.6. The minimum atomic E-state index is -2.43. The van der Waals surface area contributed by atoms with Gasteiger partial charge in [0.15, 0.2) is 26.1 Å². The van der Waals surface area contributed by atoms with Gasteiger partial charge in [-0.15, -0.1) is 0 Å². The summed E-state index contributed by atoms with van der Waals surface area (Å²) in [4.78, 5) is 42.8. The average Bonchev–Trinajstić information content (AvgIpc) is 2.70. The third-order valence-electron chi connectivity index (χ3n) is 3.55. The van der Waals surface area contributed by atoms with Crippen molar-refractivity contribution in [3.8, 4) is 0 Å². The van der Waals surface area contributed by atoms with Crippen LogP contribution in [0.15, 0.2) is 0 Å². The van der Waals surface area contributed by atoms with Crippen LogP contribution in [-0.2, 0) is 33.5 Å². The van der Waals surface area contributed by atoms with Crippen LogP contribution in [0, 0.1) is 0 Å². The number of nitrogens with one attached hydrogen (secondary N) is 3. The standard InChI is InChI=1S/C13H20F3N3O9/c1-25-13(17-7(20)2-14)11(28-19-9(22)4-16)10(23)6(27-12(13)24)5-26-18-8(21)3-15/h6,10-12,23-24H,2-5H2,1H3,(H,17,20)(H,18,21)(H,19,22)/t6?,10-,11-,12+,13+/m0/s1. The van der Waals surface area contributed by atoms with E-state index in [1.807, 2.05) is 5.32 Å². The van der Waals surface area contributed by atoms with Crippen molar-refractivity contribution in [1.29, 1.82) is 0 Å². The predicted octanol–water partition coefficient (Wildman–Crippen LogP) is -3.10. The first-order chi connectivity index (χ1) is 13.2. The molecule has 0 aliphatic carbocycles. The summed E-state index contributed by atoms with van der Waals surface area (Å²) in [5.41, 5.74) is 0.854. The molecular formula is C13H20F3N3O9. The summed E-state index contributed by atoms with van der Waals surface area (Å²) >= 11 is 0. The molecule has 1 aliphatic rings. The van der Waals surface area contributed by atoms with Gasteiger partial charge in [-0.1, -0.05) is 0 Å². The Kier molecular flexibility index (Phi) is 9.50. The fourth-order valence-electron chi connectivity index (χ4n) is 2.27. The van der Waals surface area contributed by atoms with Gasteiger partial charge < -0.3 is 25.0 Å². The molecular weight excluding hydrogens is 399 g/mol. The molecule has 1 unspecified atom stereocenters. The third kappa shape index (κ3) is 5.73. The number of ether oxygens (including phenoxy) is 2. The van der Waals surface area contributed by atoms with E-state index in [1.54, 1.807) is 11.0 Å². The summed E-state index contributed by atoms with van der Waals surface area (Å²) in [6, 6.07) is 0. The Hall–Kier alpha value is -2.04. The zero-order valence-corrected chi connectivity index (χ0v) is 14.5. The lowest BCUT2D eigenvalue weighted by Crippen LogP contribution is -2.75. The van der Waals surface area contributed by atoms with Crippen LogP contribution in [0.3, 0.4) is 0 Å². The van der Waals surface area contributed by atoms with Crippen molar-refractivity contribution in [2.75, 3.05) is 33.7 Å². The molecule has 1 fully saturated rings. The van der Waals surface area contributed by atoms with Crippen LogP contribution in [-0.4, -0.2) is 92.0 Å². The summed E-state index contributed by atoms with van der Waals surface area (Å²) in [5, 5.41) is 22.5. The first-order valence-electron chi connectivity index (χ1n) is 7.66. The number of aliphatic hydroxyl groups is 2. The van der Waals surface area contributed by atoms with Crippen molar-refractivity contribution < 1.29 is 56.9 Å². The average molecular weight is 419 g/mol. The molecule has 0 aromatic rings. The fourth-order valence-corrected chi connectivity index (χ4v) is 2.27. The van der Waals surface area contributed by atoms with Crippen LogP contribution in [0.2, 0.25) is 0 Å². The molecule has 12 nitrogen and oxygen atoms in total. The maximum Gasteiger partial charge on any atom is 0.274 e. The van der Waals surface area contributed by atoms with Gasteiger partial charge in [0.2, 0.25) is 12.0 Å². The molecule has 1 heterocycles. The van der Waals surface area contributed by atoms with Gasteiger partial charge in [-0.25, -0.2) is 24.1 Å². The quantitative estimate of drug-likeness (QED) is 0.182. The number of hydroxylamine groups is 2. The highest BCUT2D eigenvalue weighted by Crippen LogP contribution is 2.31. The minimum Gasteiger partial charge on any atom is -0.387 e. The molecule has 5 N–H and O–H groups in total. The molecule has 0 bridgehead atoms. The number of alkyl halides is 3. The normalized spacial score (nSPS) is 29.8. The number of hydrogen-bond acceptors (Lipinski definition) is 9. The van der Waals surface area contributed by atoms with Gasteiger partial charge in [0.25, 0.3) is 17.7 Å². The summed E-state index contributed by atoms with van der Waals surface area (Å²) < 4.78 is 47.0. The smallest absolute Gasteiger partial charge is 0.274 e. The molecule has 15 heteroatoms. The number of amides is 3. The van der Waals surface area contributed by atoms with Gasteiger partial charge in [0.05, 0.1) is 0 Å². The summed E-state index contributed by atoms with van der Waals surface area (Å²) in [7, 11) is 0.934. The van der Waals surface area contributed by atoms with Crippen molar-refractivity contribution in [2.45, 2.75) is 30.3 Å². The number of carbonyl (C=O) groups excluding carboxylic acids is 3. The molecule has 1 saturated heterocycles. The topological polar surface area (TPSA) is 165 Å². The van der Waals surface area contributed by atoms with E-state index in [4.69, 9.17) is 14.3 Å². The van der Waals surface area contributed by atoms with Gasteiger partial charge >= 0.3 is 0 Å². The van der Waals surface area contributed by atoms with Crippen LogP contribution < -0.4 is 16.3 Å². The summed E-state index contributed by atoms with van der Waals surface area (Å²) in [6.45, 7) is -5.09. The van der Waals surface area contributed by atoms with E-state index in [2.05, 4.69) is 4.84 Å². The van der Waals surface area contributed by atoms with Crippen molar-refractivity contribution in [3.63, 3.8) is 0 Å². The Labute approximate surface area is 156 Å². The van der Waals surface area contributed by atoms with E-state index in [0.717, 1.165) is 7.11 Å². The van der Waals surface area contributed by atoms with Crippen molar-refractivity contribution in [1.82, 2.24) is 16.3 Å². The van der Waals surface area contributed by atoms with E-state index in [9.17, 15) is 37.8 Å². The number of aliphatic hydroxyl groups excluding tert-OH is 2. The third-order valence-corrected chi connectivity index (χ3v) is 3.55. The van der Waals surface area contributed by atoms with Crippen molar-refractivity contribution in [2.24, 2.45) is 0 Å². The lowest BCUT2D eigenvalue weighted by Gasteiger charge is -2.49. The summed E-state index contributed by atoms with van der Waals surface area (Å²) in [5.74, 6) is -3.72. The zero-order chi connectivity index (χ0) is 21.3. The number of methoxy groups -OCH3 is 1. The second kappa shape index (κ2) is 11.1.